The molecule has 1 unspecified atom stereocenters. The Hall–Kier alpha value is -0.940. The first-order valence-electron chi connectivity index (χ1n) is 6.18. The summed E-state index contributed by atoms with van der Waals surface area (Å²) in [6.45, 7) is 8.12. The second-order valence-electron chi connectivity index (χ2n) is 5.58. The van der Waals surface area contributed by atoms with Crippen molar-refractivity contribution in [2.75, 3.05) is 0 Å². The average Bonchev–Trinajstić information content (AvgIpc) is 2.25. The minimum absolute atomic E-state index is 0.0502. The fraction of sp³-hybridized carbons (Fsp3) is 0.500. The Balaban J connectivity index is 2.54. The molecule has 0 aromatic heterocycles. The van der Waals surface area contributed by atoms with Gasteiger partial charge in [-0.3, -0.25) is 4.79 Å². The average molecular weight is 331 g/mol. The van der Waals surface area contributed by atoms with Crippen LogP contribution in [0.15, 0.2) is 22.7 Å². The van der Waals surface area contributed by atoms with Gasteiger partial charge in [-0.05, 0) is 45.4 Å². The molecule has 0 bridgehead atoms. The molecule has 0 heterocycles. The molecule has 0 aliphatic rings. The molecule has 0 aliphatic carbocycles. The summed E-state index contributed by atoms with van der Waals surface area (Å²) < 4.78 is 13.6. The summed E-state index contributed by atoms with van der Waals surface area (Å²) in [4.78, 5) is 11.9. The fourth-order valence-corrected chi connectivity index (χ4v) is 1.99. The van der Waals surface area contributed by atoms with Crippen molar-refractivity contribution in [3.8, 4) is 0 Å². The van der Waals surface area contributed by atoms with Gasteiger partial charge in [0.1, 0.15) is 5.82 Å². The van der Waals surface area contributed by atoms with E-state index in [-0.39, 0.29) is 23.3 Å². The SMILES string of the molecule is CC(NCc1ccc(F)cc1Br)C(=O)NC(C)(C)C. The van der Waals surface area contributed by atoms with E-state index in [1.807, 2.05) is 20.8 Å². The standard InChI is InChI=1S/C14H20BrFN2O/c1-9(13(19)18-14(2,3)4)17-8-10-5-6-11(16)7-12(10)15/h5-7,9,17H,8H2,1-4H3,(H,18,19). The van der Waals surface area contributed by atoms with E-state index < -0.39 is 0 Å². The van der Waals surface area contributed by atoms with Gasteiger partial charge in [0.05, 0.1) is 6.04 Å². The highest BCUT2D eigenvalue weighted by Gasteiger charge is 2.18. The van der Waals surface area contributed by atoms with Gasteiger partial charge in [0.15, 0.2) is 0 Å². The molecule has 0 aliphatic heterocycles. The molecule has 1 atom stereocenters. The van der Waals surface area contributed by atoms with Crippen molar-refractivity contribution in [1.29, 1.82) is 0 Å². The van der Waals surface area contributed by atoms with Crippen molar-refractivity contribution in [2.45, 2.75) is 45.8 Å². The molecular weight excluding hydrogens is 311 g/mol. The number of benzene rings is 1. The number of hydrogen-bond donors (Lipinski definition) is 2. The third-order valence-electron chi connectivity index (χ3n) is 2.51. The lowest BCUT2D eigenvalue weighted by atomic mass is 10.1. The molecule has 106 valence electrons. The Bertz CT molecular complexity index is 457. The van der Waals surface area contributed by atoms with Crippen molar-refractivity contribution < 1.29 is 9.18 Å². The van der Waals surface area contributed by atoms with E-state index in [0.717, 1.165) is 5.56 Å². The lowest BCUT2D eigenvalue weighted by Gasteiger charge is -2.23. The lowest BCUT2D eigenvalue weighted by Crippen LogP contribution is -2.49. The highest BCUT2D eigenvalue weighted by Crippen LogP contribution is 2.17. The molecule has 0 spiro atoms. The fourth-order valence-electron chi connectivity index (χ4n) is 1.50. The summed E-state index contributed by atoms with van der Waals surface area (Å²) in [5.41, 5.74) is 0.667. The Kier molecular flexibility index (Phi) is 5.50. The molecule has 0 fully saturated rings. The highest BCUT2D eigenvalue weighted by atomic mass is 79.9. The van der Waals surface area contributed by atoms with Gasteiger partial charge in [-0.1, -0.05) is 22.0 Å². The smallest absolute Gasteiger partial charge is 0.237 e. The zero-order valence-corrected chi connectivity index (χ0v) is 13.3. The molecule has 0 saturated heterocycles. The number of halogens is 2. The highest BCUT2D eigenvalue weighted by molar-refractivity contribution is 9.10. The Morgan fingerprint density at radius 2 is 2.05 bits per heavy atom. The molecule has 5 heteroatoms. The van der Waals surface area contributed by atoms with Gasteiger partial charge >= 0.3 is 0 Å². The van der Waals surface area contributed by atoms with Crippen LogP contribution in [0.1, 0.15) is 33.3 Å². The summed E-state index contributed by atoms with van der Waals surface area (Å²) in [6.07, 6.45) is 0. The van der Waals surface area contributed by atoms with Crippen LogP contribution in [0.3, 0.4) is 0 Å². The summed E-state index contributed by atoms with van der Waals surface area (Å²) >= 11 is 3.30. The maximum Gasteiger partial charge on any atom is 0.237 e. The van der Waals surface area contributed by atoms with Crippen LogP contribution < -0.4 is 10.6 Å². The van der Waals surface area contributed by atoms with Crippen molar-refractivity contribution in [2.24, 2.45) is 0 Å². The van der Waals surface area contributed by atoms with Gasteiger partial charge in [-0.25, -0.2) is 4.39 Å². The molecular formula is C14H20BrFN2O. The summed E-state index contributed by atoms with van der Waals surface area (Å²) in [5.74, 6) is -0.333. The third kappa shape index (κ3) is 5.70. The quantitative estimate of drug-likeness (QED) is 0.891. The summed E-state index contributed by atoms with van der Waals surface area (Å²) in [6, 6.07) is 4.20. The molecule has 2 N–H and O–H groups in total. The number of carbonyl (C=O) groups is 1. The molecule has 1 aromatic rings. The van der Waals surface area contributed by atoms with E-state index in [9.17, 15) is 9.18 Å². The Morgan fingerprint density at radius 3 is 2.58 bits per heavy atom. The molecule has 1 rings (SSSR count). The topological polar surface area (TPSA) is 41.1 Å². The zero-order chi connectivity index (χ0) is 14.6. The van der Waals surface area contributed by atoms with E-state index in [0.29, 0.717) is 11.0 Å². The van der Waals surface area contributed by atoms with Crippen LogP contribution in [-0.2, 0) is 11.3 Å². The minimum atomic E-state index is -0.309. The minimum Gasteiger partial charge on any atom is -0.350 e. The van der Waals surface area contributed by atoms with Gasteiger partial charge in [0.25, 0.3) is 0 Å². The van der Waals surface area contributed by atoms with Crippen molar-refractivity contribution >= 4 is 21.8 Å². The van der Waals surface area contributed by atoms with Crippen LogP contribution in [0.25, 0.3) is 0 Å². The predicted octanol–water partition coefficient (Wildman–Crippen LogP) is 2.98. The van der Waals surface area contributed by atoms with Crippen LogP contribution in [-0.4, -0.2) is 17.5 Å². The Labute approximate surface area is 122 Å². The van der Waals surface area contributed by atoms with Crippen molar-refractivity contribution in [3.63, 3.8) is 0 Å². The Morgan fingerprint density at radius 1 is 1.42 bits per heavy atom. The van der Waals surface area contributed by atoms with Crippen LogP contribution in [0.4, 0.5) is 4.39 Å². The van der Waals surface area contributed by atoms with Crippen molar-refractivity contribution in [1.82, 2.24) is 10.6 Å². The third-order valence-corrected chi connectivity index (χ3v) is 3.24. The van der Waals surface area contributed by atoms with Gasteiger partial charge in [-0.15, -0.1) is 0 Å². The van der Waals surface area contributed by atoms with E-state index >= 15 is 0 Å². The van der Waals surface area contributed by atoms with Gasteiger partial charge in [0.2, 0.25) is 5.91 Å². The summed E-state index contributed by atoms with van der Waals surface area (Å²) in [7, 11) is 0. The largest absolute Gasteiger partial charge is 0.350 e. The molecule has 0 saturated carbocycles. The number of rotatable bonds is 4. The van der Waals surface area contributed by atoms with Crippen LogP contribution in [0, 0.1) is 5.82 Å². The van der Waals surface area contributed by atoms with Crippen LogP contribution in [0.2, 0.25) is 0 Å². The molecule has 19 heavy (non-hydrogen) atoms. The normalized spacial score (nSPS) is 13.2. The first kappa shape index (κ1) is 16.1. The predicted molar refractivity (Wildman–Crippen MR) is 78.3 cm³/mol. The lowest BCUT2D eigenvalue weighted by molar-refractivity contribution is -0.124. The molecule has 0 radical (unpaired) electrons. The second kappa shape index (κ2) is 6.48. The number of carbonyl (C=O) groups excluding carboxylic acids is 1. The van der Waals surface area contributed by atoms with E-state index in [1.54, 1.807) is 13.0 Å². The second-order valence-corrected chi connectivity index (χ2v) is 6.43. The van der Waals surface area contributed by atoms with Crippen molar-refractivity contribution in [3.05, 3.63) is 34.1 Å². The zero-order valence-electron chi connectivity index (χ0n) is 11.7. The molecule has 1 amide bonds. The first-order chi connectivity index (χ1) is 8.69. The molecule has 1 aromatic carbocycles. The van der Waals surface area contributed by atoms with Crippen LogP contribution in [0.5, 0.6) is 0 Å². The summed E-state index contributed by atoms with van der Waals surface area (Å²) in [5, 5.41) is 6.02. The van der Waals surface area contributed by atoms with E-state index in [2.05, 4.69) is 26.6 Å². The van der Waals surface area contributed by atoms with Gasteiger partial charge in [0, 0.05) is 16.6 Å². The number of amides is 1. The van der Waals surface area contributed by atoms with E-state index in [1.165, 1.54) is 12.1 Å². The van der Waals surface area contributed by atoms with Gasteiger partial charge in [-0.2, -0.15) is 0 Å². The molecule has 3 nitrogen and oxygen atoms in total. The first-order valence-corrected chi connectivity index (χ1v) is 6.97. The number of hydrogen-bond acceptors (Lipinski definition) is 2. The monoisotopic (exact) mass is 330 g/mol. The van der Waals surface area contributed by atoms with Crippen LogP contribution >= 0.6 is 15.9 Å². The van der Waals surface area contributed by atoms with Gasteiger partial charge < -0.3 is 10.6 Å². The maximum atomic E-state index is 12.9. The number of nitrogens with one attached hydrogen (secondary N) is 2. The van der Waals surface area contributed by atoms with E-state index in [4.69, 9.17) is 0 Å². The maximum absolute atomic E-state index is 12.9.